The van der Waals surface area contributed by atoms with Crippen LogP contribution in [0.5, 0.6) is 0 Å². The van der Waals surface area contributed by atoms with Crippen molar-refractivity contribution in [2.24, 2.45) is 22.9 Å². The standard InChI is InChI=1S/C6H16N2.2C4H7NO/c7-5-3-1-2-4-6-8;2*1-3(2)4(5)6/h1-8H2;2*1H2,2H3,(H2,5,6). The SMILES string of the molecule is C=C(C)C(N)=O.C=C(C)C(N)=O.NCCCCCCN. The van der Waals surface area contributed by atoms with Gasteiger partial charge in [-0.1, -0.05) is 26.0 Å². The van der Waals surface area contributed by atoms with Crippen LogP contribution in [-0.2, 0) is 9.59 Å². The lowest BCUT2D eigenvalue weighted by atomic mass is 10.2. The maximum Gasteiger partial charge on any atom is 0.243 e. The van der Waals surface area contributed by atoms with Gasteiger partial charge in [-0.3, -0.25) is 9.59 Å². The number of hydrogen-bond acceptors (Lipinski definition) is 4. The van der Waals surface area contributed by atoms with Crippen molar-refractivity contribution < 1.29 is 9.59 Å². The Morgan fingerprint density at radius 3 is 1.05 bits per heavy atom. The Hall–Kier alpha value is -1.66. The van der Waals surface area contributed by atoms with E-state index in [0.29, 0.717) is 11.1 Å². The molecule has 118 valence electrons. The summed E-state index contributed by atoms with van der Waals surface area (Å²) in [5.74, 6) is -0.870. The van der Waals surface area contributed by atoms with Crippen LogP contribution in [0.2, 0.25) is 0 Å². The molecule has 0 aromatic heterocycles. The number of primary amides is 2. The van der Waals surface area contributed by atoms with Gasteiger partial charge in [-0.2, -0.15) is 0 Å². The minimum atomic E-state index is -0.435. The van der Waals surface area contributed by atoms with E-state index in [-0.39, 0.29) is 0 Å². The zero-order valence-corrected chi connectivity index (χ0v) is 12.8. The summed E-state index contributed by atoms with van der Waals surface area (Å²) in [6.45, 7) is 11.4. The van der Waals surface area contributed by atoms with Crippen molar-refractivity contribution in [3.63, 3.8) is 0 Å². The third-order valence-electron chi connectivity index (χ3n) is 2.00. The number of hydrogen-bond donors (Lipinski definition) is 4. The summed E-state index contributed by atoms with van der Waals surface area (Å²) in [6.07, 6.45) is 4.79. The first-order chi connectivity index (χ1) is 9.20. The summed E-state index contributed by atoms with van der Waals surface area (Å²) in [5.41, 5.74) is 20.7. The molecule has 0 heterocycles. The fourth-order valence-electron chi connectivity index (χ4n) is 0.642. The fraction of sp³-hybridized carbons (Fsp3) is 0.571. The minimum absolute atomic E-state index is 0.398. The van der Waals surface area contributed by atoms with E-state index >= 15 is 0 Å². The topological polar surface area (TPSA) is 138 Å². The van der Waals surface area contributed by atoms with Crippen molar-refractivity contribution in [2.75, 3.05) is 13.1 Å². The number of carbonyl (C=O) groups is 2. The van der Waals surface area contributed by atoms with Crippen LogP contribution in [0.4, 0.5) is 0 Å². The largest absolute Gasteiger partial charge is 0.366 e. The Morgan fingerprint density at radius 1 is 0.750 bits per heavy atom. The van der Waals surface area contributed by atoms with Gasteiger partial charge in [0.05, 0.1) is 0 Å². The molecule has 0 aliphatic rings. The summed E-state index contributed by atoms with van der Waals surface area (Å²) >= 11 is 0. The quantitative estimate of drug-likeness (QED) is 0.401. The maximum atomic E-state index is 9.82. The van der Waals surface area contributed by atoms with Gasteiger partial charge in [0.15, 0.2) is 0 Å². The molecule has 0 saturated heterocycles. The zero-order chi connectivity index (χ0) is 16.6. The molecule has 0 radical (unpaired) electrons. The summed E-state index contributed by atoms with van der Waals surface area (Å²) in [7, 11) is 0. The predicted molar refractivity (Wildman–Crippen MR) is 84.6 cm³/mol. The molecular formula is C14H30N4O2. The molecule has 0 bridgehead atoms. The van der Waals surface area contributed by atoms with Crippen LogP contribution in [0.1, 0.15) is 39.5 Å². The Morgan fingerprint density at radius 2 is 0.950 bits per heavy atom. The van der Waals surface area contributed by atoms with Crippen LogP contribution >= 0.6 is 0 Å². The van der Waals surface area contributed by atoms with Gasteiger partial charge >= 0.3 is 0 Å². The average molecular weight is 286 g/mol. The Labute approximate surface area is 122 Å². The first-order valence-electron chi connectivity index (χ1n) is 6.51. The number of nitrogens with two attached hydrogens (primary N) is 4. The van der Waals surface area contributed by atoms with E-state index in [0.717, 1.165) is 25.9 Å². The lowest BCUT2D eigenvalue weighted by Crippen LogP contribution is -2.10. The van der Waals surface area contributed by atoms with E-state index < -0.39 is 11.8 Å². The summed E-state index contributed by atoms with van der Waals surface area (Å²) in [6, 6.07) is 0. The van der Waals surface area contributed by atoms with Gasteiger partial charge in [-0.05, 0) is 39.8 Å². The highest BCUT2D eigenvalue weighted by Crippen LogP contribution is 1.95. The van der Waals surface area contributed by atoms with Gasteiger partial charge < -0.3 is 22.9 Å². The molecule has 20 heavy (non-hydrogen) atoms. The van der Waals surface area contributed by atoms with E-state index in [2.05, 4.69) is 13.2 Å². The van der Waals surface area contributed by atoms with Crippen LogP contribution in [0.15, 0.2) is 24.3 Å². The lowest BCUT2D eigenvalue weighted by Gasteiger charge is -1.94. The van der Waals surface area contributed by atoms with E-state index in [1.54, 1.807) is 13.8 Å². The fourth-order valence-corrected chi connectivity index (χ4v) is 0.642. The van der Waals surface area contributed by atoms with Crippen molar-refractivity contribution in [3.8, 4) is 0 Å². The molecule has 0 unspecified atom stereocenters. The van der Waals surface area contributed by atoms with Gasteiger partial charge in [0.1, 0.15) is 0 Å². The summed E-state index contributed by atoms with van der Waals surface area (Å²) < 4.78 is 0. The zero-order valence-electron chi connectivity index (χ0n) is 12.8. The van der Waals surface area contributed by atoms with E-state index in [1.807, 2.05) is 0 Å². The molecule has 0 aliphatic heterocycles. The molecule has 0 atom stereocenters. The summed E-state index contributed by atoms with van der Waals surface area (Å²) in [4.78, 5) is 19.6. The highest BCUT2D eigenvalue weighted by Gasteiger charge is 1.87. The predicted octanol–water partition coefficient (Wildman–Crippen LogP) is 0.560. The maximum absolute atomic E-state index is 9.82. The van der Waals surface area contributed by atoms with E-state index in [1.165, 1.54) is 12.8 Å². The van der Waals surface area contributed by atoms with Gasteiger partial charge in [0, 0.05) is 11.1 Å². The molecular weight excluding hydrogens is 256 g/mol. The van der Waals surface area contributed by atoms with Crippen molar-refractivity contribution in [1.82, 2.24) is 0 Å². The first-order valence-corrected chi connectivity index (χ1v) is 6.51. The van der Waals surface area contributed by atoms with Gasteiger partial charge in [-0.15, -0.1) is 0 Å². The molecule has 0 saturated carbocycles. The second kappa shape index (κ2) is 17.3. The Balaban J connectivity index is -0.000000221. The molecule has 6 heteroatoms. The Bertz CT molecular complexity index is 248. The van der Waals surface area contributed by atoms with Crippen LogP contribution in [0.25, 0.3) is 0 Å². The van der Waals surface area contributed by atoms with E-state index in [4.69, 9.17) is 22.9 Å². The average Bonchev–Trinajstić information content (AvgIpc) is 2.36. The van der Waals surface area contributed by atoms with Gasteiger partial charge in [0.25, 0.3) is 0 Å². The highest BCUT2D eigenvalue weighted by molar-refractivity contribution is 5.90. The van der Waals surface area contributed by atoms with Crippen LogP contribution in [0, 0.1) is 0 Å². The van der Waals surface area contributed by atoms with Crippen LogP contribution < -0.4 is 22.9 Å². The molecule has 2 amide bonds. The molecule has 0 fully saturated rings. The highest BCUT2D eigenvalue weighted by atomic mass is 16.1. The third kappa shape index (κ3) is 29.9. The molecule has 8 N–H and O–H groups in total. The third-order valence-corrected chi connectivity index (χ3v) is 2.00. The second-order valence-corrected chi connectivity index (χ2v) is 4.28. The lowest BCUT2D eigenvalue weighted by molar-refractivity contribution is -0.115. The molecule has 0 spiro atoms. The molecule has 0 aromatic rings. The second-order valence-electron chi connectivity index (χ2n) is 4.28. The van der Waals surface area contributed by atoms with Crippen LogP contribution in [0.3, 0.4) is 0 Å². The van der Waals surface area contributed by atoms with Crippen molar-refractivity contribution >= 4 is 11.8 Å². The van der Waals surface area contributed by atoms with Crippen molar-refractivity contribution in [3.05, 3.63) is 24.3 Å². The first kappa shape index (κ1) is 23.4. The summed E-state index contributed by atoms with van der Waals surface area (Å²) in [5, 5.41) is 0. The number of unbranched alkanes of at least 4 members (excludes halogenated alkanes) is 3. The van der Waals surface area contributed by atoms with Crippen molar-refractivity contribution in [2.45, 2.75) is 39.5 Å². The van der Waals surface area contributed by atoms with E-state index in [9.17, 15) is 9.59 Å². The number of rotatable bonds is 7. The monoisotopic (exact) mass is 286 g/mol. The van der Waals surface area contributed by atoms with Crippen LogP contribution in [-0.4, -0.2) is 24.9 Å². The smallest absolute Gasteiger partial charge is 0.243 e. The number of amides is 2. The normalized spacial score (nSPS) is 8.40. The number of carbonyl (C=O) groups excluding carboxylic acids is 2. The van der Waals surface area contributed by atoms with Crippen molar-refractivity contribution in [1.29, 1.82) is 0 Å². The molecule has 0 rings (SSSR count). The van der Waals surface area contributed by atoms with Gasteiger partial charge in [-0.25, -0.2) is 0 Å². The Kier molecular flexibility index (Phi) is 20.3. The molecule has 0 aliphatic carbocycles. The molecule has 6 nitrogen and oxygen atoms in total. The minimum Gasteiger partial charge on any atom is -0.366 e. The molecule has 0 aromatic carbocycles. The van der Waals surface area contributed by atoms with Gasteiger partial charge in [0.2, 0.25) is 11.8 Å².